The summed E-state index contributed by atoms with van der Waals surface area (Å²) in [6.45, 7) is 3.10. The molecule has 3 aromatic rings. The van der Waals surface area contributed by atoms with Crippen LogP contribution >= 0.6 is 0 Å². The first-order valence-corrected chi connectivity index (χ1v) is 10.5. The first kappa shape index (κ1) is 19.5. The van der Waals surface area contributed by atoms with Crippen LogP contribution in [0.1, 0.15) is 45.8 Å². The Morgan fingerprint density at radius 3 is 2.68 bits per heavy atom. The molecule has 160 valence electrons. The van der Waals surface area contributed by atoms with Gasteiger partial charge in [-0.15, -0.1) is 0 Å². The SMILES string of the molecule is Cc1nn(C)cc1-c1cc(C(=O)N2CCC(C3CC(=O)c4ccccc4O3)CC2)no1. The van der Waals surface area contributed by atoms with Crippen LogP contribution in [0.5, 0.6) is 5.75 Å². The molecule has 0 saturated carbocycles. The minimum atomic E-state index is -0.138. The lowest BCUT2D eigenvalue weighted by molar-refractivity contribution is 0.0447. The summed E-state index contributed by atoms with van der Waals surface area (Å²) in [6, 6.07) is 9.08. The van der Waals surface area contributed by atoms with Gasteiger partial charge in [-0.1, -0.05) is 17.3 Å². The summed E-state index contributed by atoms with van der Waals surface area (Å²) in [4.78, 5) is 27.2. The van der Waals surface area contributed by atoms with E-state index in [1.165, 1.54) is 0 Å². The predicted molar refractivity (Wildman–Crippen MR) is 112 cm³/mol. The summed E-state index contributed by atoms with van der Waals surface area (Å²) in [5, 5.41) is 8.29. The zero-order valence-electron chi connectivity index (χ0n) is 17.6. The van der Waals surface area contributed by atoms with Crippen LogP contribution in [0, 0.1) is 12.8 Å². The van der Waals surface area contributed by atoms with Crippen molar-refractivity contribution in [1.82, 2.24) is 19.8 Å². The summed E-state index contributed by atoms with van der Waals surface area (Å²) in [5.74, 6) is 1.44. The molecule has 0 radical (unpaired) electrons. The molecule has 1 fully saturated rings. The highest BCUT2D eigenvalue weighted by atomic mass is 16.5. The fraction of sp³-hybridized carbons (Fsp3) is 0.391. The number of fused-ring (bicyclic) bond motifs is 1. The van der Waals surface area contributed by atoms with Crippen LogP contribution in [0.25, 0.3) is 11.3 Å². The number of para-hydroxylation sites is 1. The lowest BCUT2D eigenvalue weighted by Crippen LogP contribution is -2.44. The number of nitrogens with zero attached hydrogens (tertiary/aromatic N) is 4. The molecule has 5 rings (SSSR count). The third kappa shape index (κ3) is 3.62. The Hall–Kier alpha value is -3.42. The van der Waals surface area contributed by atoms with Gasteiger partial charge in [0.05, 0.1) is 16.8 Å². The van der Waals surface area contributed by atoms with Crippen LogP contribution in [0.2, 0.25) is 0 Å². The fourth-order valence-electron chi connectivity index (χ4n) is 4.54. The van der Waals surface area contributed by atoms with Gasteiger partial charge in [-0.05, 0) is 37.8 Å². The maximum atomic E-state index is 12.9. The number of carbonyl (C=O) groups excluding carboxylic acids is 2. The van der Waals surface area contributed by atoms with Gasteiger partial charge in [-0.25, -0.2) is 0 Å². The maximum absolute atomic E-state index is 12.9. The Morgan fingerprint density at radius 2 is 1.94 bits per heavy atom. The normalized spacial score (nSPS) is 19.2. The monoisotopic (exact) mass is 420 g/mol. The molecule has 1 amide bonds. The molecular weight excluding hydrogens is 396 g/mol. The minimum absolute atomic E-state index is 0.131. The number of rotatable bonds is 3. The molecule has 1 aromatic carbocycles. The van der Waals surface area contributed by atoms with Crippen molar-refractivity contribution in [2.75, 3.05) is 13.1 Å². The molecular formula is C23H24N4O4. The van der Waals surface area contributed by atoms with Gasteiger partial charge in [-0.3, -0.25) is 14.3 Å². The van der Waals surface area contributed by atoms with Crippen molar-refractivity contribution in [1.29, 1.82) is 0 Å². The topological polar surface area (TPSA) is 90.5 Å². The number of aromatic nitrogens is 3. The molecule has 0 spiro atoms. The van der Waals surface area contributed by atoms with E-state index in [2.05, 4.69) is 10.3 Å². The van der Waals surface area contributed by atoms with Gasteiger partial charge in [0, 0.05) is 38.8 Å². The molecule has 4 heterocycles. The number of Topliss-reactive ketones (excluding diaryl/α,β-unsaturated/α-hetero) is 1. The second-order valence-electron chi connectivity index (χ2n) is 8.29. The molecule has 2 aliphatic heterocycles. The van der Waals surface area contributed by atoms with Gasteiger partial charge < -0.3 is 14.2 Å². The Bertz CT molecular complexity index is 1140. The number of piperidine rings is 1. The van der Waals surface area contributed by atoms with E-state index in [9.17, 15) is 9.59 Å². The van der Waals surface area contributed by atoms with E-state index in [1.807, 2.05) is 44.4 Å². The molecule has 1 saturated heterocycles. The van der Waals surface area contributed by atoms with E-state index in [1.54, 1.807) is 15.6 Å². The molecule has 2 aromatic heterocycles. The summed E-state index contributed by atoms with van der Waals surface area (Å²) >= 11 is 0. The van der Waals surface area contributed by atoms with E-state index in [4.69, 9.17) is 9.26 Å². The van der Waals surface area contributed by atoms with Crippen molar-refractivity contribution in [3.05, 3.63) is 53.5 Å². The number of carbonyl (C=O) groups is 2. The second kappa shape index (κ2) is 7.68. The van der Waals surface area contributed by atoms with Crippen molar-refractivity contribution in [2.45, 2.75) is 32.3 Å². The van der Waals surface area contributed by atoms with Crippen LogP contribution in [0.3, 0.4) is 0 Å². The van der Waals surface area contributed by atoms with Gasteiger partial charge in [0.1, 0.15) is 11.9 Å². The molecule has 0 bridgehead atoms. The lowest BCUT2D eigenvalue weighted by Gasteiger charge is -2.37. The average molecular weight is 420 g/mol. The molecule has 2 aliphatic rings. The second-order valence-corrected chi connectivity index (χ2v) is 8.29. The van der Waals surface area contributed by atoms with Gasteiger partial charge in [0.25, 0.3) is 5.91 Å². The van der Waals surface area contributed by atoms with Crippen LogP contribution in [0.4, 0.5) is 0 Å². The van der Waals surface area contributed by atoms with E-state index in [0.29, 0.717) is 42.3 Å². The summed E-state index contributed by atoms with van der Waals surface area (Å²) < 4.78 is 13.2. The number of likely N-dealkylation sites (tertiary alicyclic amines) is 1. The zero-order chi connectivity index (χ0) is 21.5. The smallest absolute Gasteiger partial charge is 0.276 e. The Balaban J connectivity index is 1.23. The standard InChI is InChI=1S/C23H24N4O4/c1-14-17(13-26(2)24-14)22-11-18(25-31-22)23(29)27-9-7-15(8-10-27)21-12-19(28)16-5-3-4-6-20(16)30-21/h3-6,11,13,15,21H,7-10,12H2,1-2H3. The number of ketones is 1. The van der Waals surface area contributed by atoms with Crippen LogP contribution < -0.4 is 4.74 Å². The quantitative estimate of drug-likeness (QED) is 0.646. The number of ether oxygens (including phenoxy) is 1. The molecule has 1 atom stereocenters. The Labute approximate surface area is 179 Å². The van der Waals surface area contributed by atoms with Gasteiger partial charge in [-0.2, -0.15) is 5.10 Å². The third-order valence-corrected chi connectivity index (χ3v) is 6.21. The molecule has 31 heavy (non-hydrogen) atoms. The number of aryl methyl sites for hydroxylation is 2. The first-order valence-electron chi connectivity index (χ1n) is 10.5. The van der Waals surface area contributed by atoms with Crippen LogP contribution in [0.15, 0.2) is 41.1 Å². The number of hydrogen-bond donors (Lipinski definition) is 0. The summed E-state index contributed by atoms with van der Waals surface area (Å²) in [7, 11) is 1.84. The highest BCUT2D eigenvalue weighted by Crippen LogP contribution is 2.34. The largest absolute Gasteiger partial charge is 0.489 e. The highest BCUT2D eigenvalue weighted by Gasteiger charge is 2.35. The van der Waals surface area contributed by atoms with Gasteiger partial charge in [0.15, 0.2) is 17.2 Å². The van der Waals surface area contributed by atoms with Gasteiger partial charge >= 0.3 is 0 Å². The van der Waals surface area contributed by atoms with E-state index in [0.717, 1.165) is 24.1 Å². The van der Waals surface area contributed by atoms with Crippen LogP contribution in [-0.2, 0) is 7.05 Å². The van der Waals surface area contributed by atoms with Crippen LogP contribution in [-0.4, -0.2) is 50.7 Å². The predicted octanol–water partition coefficient (Wildman–Crippen LogP) is 3.27. The van der Waals surface area contributed by atoms with E-state index < -0.39 is 0 Å². The van der Waals surface area contributed by atoms with E-state index in [-0.39, 0.29) is 23.7 Å². The Kier molecular flexibility index (Phi) is 4.84. The molecule has 0 aliphatic carbocycles. The summed E-state index contributed by atoms with van der Waals surface area (Å²) in [6.07, 6.45) is 3.69. The molecule has 8 heteroatoms. The first-order chi connectivity index (χ1) is 15.0. The highest BCUT2D eigenvalue weighted by molar-refractivity contribution is 5.99. The summed E-state index contributed by atoms with van der Waals surface area (Å²) in [5.41, 5.74) is 2.61. The van der Waals surface area contributed by atoms with E-state index >= 15 is 0 Å². The molecule has 0 N–H and O–H groups in total. The van der Waals surface area contributed by atoms with Crippen molar-refractivity contribution in [3.8, 4) is 17.1 Å². The van der Waals surface area contributed by atoms with Crippen molar-refractivity contribution in [2.24, 2.45) is 13.0 Å². The molecule has 8 nitrogen and oxygen atoms in total. The third-order valence-electron chi connectivity index (χ3n) is 6.21. The van der Waals surface area contributed by atoms with Crippen molar-refractivity contribution < 1.29 is 18.8 Å². The maximum Gasteiger partial charge on any atom is 0.276 e. The number of hydrogen-bond acceptors (Lipinski definition) is 6. The average Bonchev–Trinajstić information content (AvgIpc) is 3.39. The van der Waals surface area contributed by atoms with Crippen molar-refractivity contribution >= 4 is 11.7 Å². The zero-order valence-corrected chi connectivity index (χ0v) is 17.6. The fourth-order valence-corrected chi connectivity index (χ4v) is 4.54. The minimum Gasteiger partial charge on any atom is -0.489 e. The number of amides is 1. The lowest BCUT2D eigenvalue weighted by atomic mass is 9.86. The molecule has 1 unspecified atom stereocenters. The van der Waals surface area contributed by atoms with Crippen molar-refractivity contribution in [3.63, 3.8) is 0 Å². The van der Waals surface area contributed by atoms with Gasteiger partial charge in [0.2, 0.25) is 0 Å². The number of benzene rings is 1. The Morgan fingerprint density at radius 1 is 1.16 bits per heavy atom.